The van der Waals surface area contributed by atoms with Crippen molar-refractivity contribution in [3.8, 4) is 5.75 Å². The van der Waals surface area contributed by atoms with Crippen LogP contribution in [0.5, 0.6) is 5.75 Å². The first-order chi connectivity index (χ1) is 14.6. The predicted molar refractivity (Wildman–Crippen MR) is 124 cm³/mol. The van der Waals surface area contributed by atoms with Crippen molar-refractivity contribution in [2.75, 3.05) is 0 Å². The van der Waals surface area contributed by atoms with Crippen LogP contribution in [0.15, 0.2) is 24.3 Å². The Balaban J connectivity index is 3.40. The van der Waals surface area contributed by atoms with Crippen LogP contribution in [0, 0.1) is 0 Å². The van der Waals surface area contributed by atoms with Crippen LogP contribution >= 0.6 is 0 Å². The van der Waals surface area contributed by atoms with Gasteiger partial charge < -0.3 is 25.4 Å². The largest absolute Gasteiger partial charge is 0.508 e. The standard InChI is InChI=1S/C24H39N3O5/c1-10-15(2)27(21(30)16(3)25-22(31)32-24(7,8)9)19(20(29)26-23(4,5)6)17-13-11-12-14-18(17)28/h11-16,19,28H,10H2,1-9H3,(H,25,31)(H,26,29). The average Bonchev–Trinajstić information content (AvgIpc) is 2.62. The van der Waals surface area contributed by atoms with Gasteiger partial charge in [0.15, 0.2) is 0 Å². The second-order valence-electron chi connectivity index (χ2n) is 10.1. The molecule has 0 aliphatic heterocycles. The fourth-order valence-corrected chi connectivity index (χ4v) is 3.14. The summed E-state index contributed by atoms with van der Waals surface area (Å²) in [5.74, 6) is -0.963. The van der Waals surface area contributed by atoms with Gasteiger partial charge in [-0.05, 0) is 67.9 Å². The van der Waals surface area contributed by atoms with Crippen molar-refractivity contribution in [2.45, 2.75) is 98.0 Å². The first-order valence-electron chi connectivity index (χ1n) is 11.0. The molecule has 180 valence electrons. The number of para-hydroxylation sites is 1. The Morgan fingerprint density at radius 2 is 1.62 bits per heavy atom. The van der Waals surface area contributed by atoms with Crippen molar-refractivity contribution in [3.63, 3.8) is 0 Å². The van der Waals surface area contributed by atoms with Crippen LogP contribution in [-0.4, -0.2) is 51.1 Å². The third kappa shape index (κ3) is 8.05. The van der Waals surface area contributed by atoms with Gasteiger partial charge in [-0.1, -0.05) is 25.1 Å². The van der Waals surface area contributed by atoms with Crippen LogP contribution in [0.2, 0.25) is 0 Å². The van der Waals surface area contributed by atoms with Crippen molar-refractivity contribution in [2.24, 2.45) is 0 Å². The van der Waals surface area contributed by atoms with E-state index >= 15 is 0 Å². The number of hydrogen-bond acceptors (Lipinski definition) is 5. The van der Waals surface area contributed by atoms with E-state index in [1.54, 1.807) is 45.9 Å². The van der Waals surface area contributed by atoms with E-state index in [1.165, 1.54) is 11.0 Å². The van der Waals surface area contributed by atoms with E-state index in [-0.39, 0.29) is 11.8 Å². The third-order valence-electron chi connectivity index (χ3n) is 4.68. The van der Waals surface area contributed by atoms with E-state index in [4.69, 9.17) is 4.74 Å². The lowest BCUT2D eigenvalue weighted by molar-refractivity contribution is -0.145. The predicted octanol–water partition coefficient (Wildman–Crippen LogP) is 3.89. The van der Waals surface area contributed by atoms with E-state index < -0.39 is 41.1 Å². The molecule has 0 fully saturated rings. The minimum absolute atomic E-state index is 0.0876. The highest BCUT2D eigenvalue weighted by Gasteiger charge is 2.39. The number of ether oxygens (including phenoxy) is 1. The zero-order valence-corrected chi connectivity index (χ0v) is 20.8. The molecule has 3 amide bonds. The minimum atomic E-state index is -1.08. The second kappa shape index (κ2) is 10.7. The maximum Gasteiger partial charge on any atom is 0.408 e. The van der Waals surface area contributed by atoms with Gasteiger partial charge in [-0.15, -0.1) is 0 Å². The fourth-order valence-electron chi connectivity index (χ4n) is 3.14. The van der Waals surface area contributed by atoms with Crippen molar-refractivity contribution in [1.29, 1.82) is 0 Å². The number of carbonyl (C=O) groups excluding carboxylic acids is 3. The molecule has 0 aliphatic rings. The number of nitrogens with zero attached hydrogens (tertiary/aromatic N) is 1. The lowest BCUT2D eigenvalue weighted by Crippen LogP contribution is -2.56. The molecule has 1 aromatic carbocycles. The van der Waals surface area contributed by atoms with Gasteiger partial charge in [-0.3, -0.25) is 9.59 Å². The molecular weight excluding hydrogens is 410 g/mol. The van der Waals surface area contributed by atoms with Gasteiger partial charge in [0.25, 0.3) is 0 Å². The Morgan fingerprint density at radius 1 is 1.06 bits per heavy atom. The maximum atomic E-state index is 13.5. The van der Waals surface area contributed by atoms with Gasteiger partial charge in [-0.25, -0.2) is 4.79 Å². The Labute approximate surface area is 191 Å². The van der Waals surface area contributed by atoms with Crippen LogP contribution in [-0.2, 0) is 14.3 Å². The molecule has 0 saturated heterocycles. The zero-order chi connectivity index (χ0) is 24.9. The number of phenolic OH excluding ortho intramolecular Hbond substituents is 1. The summed E-state index contributed by atoms with van der Waals surface area (Å²) >= 11 is 0. The molecule has 0 aliphatic carbocycles. The smallest absolute Gasteiger partial charge is 0.408 e. The van der Waals surface area contributed by atoms with Crippen LogP contribution in [0.3, 0.4) is 0 Å². The molecular formula is C24H39N3O5. The molecule has 0 spiro atoms. The molecule has 1 aromatic rings. The van der Waals surface area contributed by atoms with Crippen LogP contribution < -0.4 is 10.6 Å². The number of amides is 3. The molecule has 0 heterocycles. The Hall–Kier alpha value is -2.77. The lowest BCUT2D eigenvalue weighted by atomic mass is 9.98. The van der Waals surface area contributed by atoms with Crippen molar-refractivity contribution < 1.29 is 24.2 Å². The number of aromatic hydroxyl groups is 1. The molecule has 8 heteroatoms. The average molecular weight is 450 g/mol. The van der Waals surface area contributed by atoms with E-state index in [2.05, 4.69) is 10.6 Å². The van der Waals surface area contributed by atoms with Crippen molar-refractivity contribution >= 4 is 17.9 Å². The molecule has 3 unspecified atom stereocenters. The second-order valence-corrected chi connectivity index (χ2v) is 10.1. The molecule has 32 heavy (non-hydrogen) atoms. The highest BCUT2D eigenvalue weighted by atomic mass is 16.6. The molecule has 3 atom stereocenters. The van der Waals surface area contributed by atoms with Gasteiger partial charge in [0.1, 0.15) is 23.4 Å². The van der Waals surface area contributed by atoms with Gasteiger partial charge in [0.2, 0.25) is 11.8 Å². The Kier molecular flexibility index (Phi) is 9.12. The zero-order valence-electron chi connectivity index (χ0n) is 20.8. The summed E-state index contributed by atoms with van der Waals surface area (Å²) in [6, 6.07) is 4.08. The van der Waals surface area contributed by atoms with E-state index in [0.717, 1.165) is 0 Å². The van der Waals surface area contributed by atoms with Crippen molar-refractivity contribution in [3.05, 3.63) is 29.8 Å². The summed E-state index contributed by atoms with van der Waals surface area (Å²) in [6.45, 7) is 16.0. The molecule has 3 N–H and O–H groups in total. The summed E-state index contributed by atoms with van der Waals surface area (Å²) in [5, 5.41) is 16.0. The molecule has 0 aromatic heterocycles. The van der Waals surface area contributed by atoms with Crippen molar-refractivity contribution in [1.82, 2.24) is 15.5 Å². The fraction of sp³-hybridized carbons (Fsp3) is 0.625. The Morgan fingerprint density at radius 3 is 2.09 bits per heavy atom. The molecule has 0 radical (unpaired) electrons. The third-order valence-corrected chi connectivity index (χ3v) is 4.68. The van der Waals surface area contributed by atoms with Crippen LogP contribution in [0.25, 0.3) is 0 Å². The number of alkyl carbamates (subject to hydrolysis) is 1. The summed E-state index contributed by atoms with van der Waals surface area (Å²) in [6.07, 6.45) is -0.154. The van der Waals surface area contributed by atoms with Gasteiger partial charge >= 0.3 is 6.09 Å². The molecule has 0 saturated carbocycles. The van der Waals surface area contributed by atoms with Crippen LogP contribution in [0.4, 0.5) is 4.79 Å². The quantitative estimate of drug-likeness (QED) is 0.585. The first-order valence-corrected chi connectivity index (χ1v) is 11.0. The lowest BCUT2D eigenvalue weighted by Gasteiger charge is -2.38. The summed E-state index contributed by atoms with van der Waals surface area (Å²) in [4.78, 5) is 40.6. The van der Waals surface area contributed by atoms with E-state index in [1.807, 2.05) is 34.6 Å². The number of phenols is 1. The first kappa shape index (κ1) is 27.3. The monoisotopic (exact) mass is 449 g/mol. The topological polar surface area (TPSA) is 108 Å². The van der Waals surface area contributed by atoms with Gasteiger partial charge in [0.05, 0.1) is 0 Å². The Bertz CT molecular complexity index is 811. The van der Waals surface area contributed by atoms with E-state index in [0.29, 0.717) is 12.0 Å². The number of benzene rings is 1. The highest BCUT2D eigenvalue weighted by Crippen LogP contribution is 2.32. The number of nitrogens with one attached hydrogen (secondary N) is 2. The summed E-state index contributed by atoms with van der Waals surface area (Å²) in [5.41, 5.74) is -0.953. The maximum absolute atomic E-state index is 13.5. The summed E-state index contributed by atoms with van der Waals surface area (Å²) < 4.78 is 5.26. The normalized spacial score (nSPS) is 14.7. The molecule has 0 bridgehead atoms. The SMILES string of the molecule is CCC(C)N(C(=O)C(C)NC(=O)OC(C)(C)C)C(C(=O)NC(C)(C)C)c1ccccc1O. The molecule has 1 rings (SSSR count). The minimum Gasteiger partial charge on any atom is -0.508 e. The number of carbonyl (C=O) groups is 3. The number of hydrogen-bond donors (Lipinski definition) is 3. The van der Waals surface area contributed by atoms with Gasteiger partial charge in [0, 0.05) is 17.1 Å². The van der Waals surface area contributed by atoms with E-state index in [9.17, 15) is 19.5 Å². The molecule has 8 nitrogen and oxygen atoms in total. The highest BCUT2D eigenvalue weighted by molar-refractivity contribution is 5.92. The van der Waals surface area contributed by atoms with Gasteiger partial charge in [-0.2, -0.15) is 0 Å². The number of rotatable bonds is 7. The van der Waals surface area contributed by atoms with Crippen LogP contribution in [0.1, 0.15) is 80.3 Å². The summed E-state index contributed by atoms with van der Waals surface area (Å²) in [7, 11) is 0.